The lowest BCUT2D eigenvalue weighted by Gasteiger charge is -2.06. The Hall–Kier alpha value is -0.770. The first-order chi connectivity index (χ1) is 8.31. The average Bonchev–Trinajstić information content (AvgIpc) is 2.33. The Morgan fingerprint density at radius 3 is 2.47 bits per heavy atom. The van der Waals surface area contributed by atoms with Crippen LogP contribution < -0.4 is 10.6 Å². The molecule has 0 aliphatic rings. The lowest BCUT2D eigenvalue weighted by atomic mass is 10.2. The fraction of sp³-hybridized carbons (Fsp3) is 0.923. The summed E-state index contributed by atoms with van der Waals surface area (Å²) in [7, 11) is 0. The number of carbonyl (C=O) groups is 1. The number of rotatable bonds is 11. The first kappa shape index (κ1) is 16.2. The lowest BCUT2D eigenvalue weighted by Crippen LogP contribution is -2.25. The van der Waals surface area contributed by atoms with Crippen molar-refractivity contribution in [3.05, 3.63) is 0 Å². The molecule has 17 heavy (non-hydrogen) atoms. The summed E-state index contributed by atoms with van der Waals surface area (Å²) < 4.78 is 5.05. The largest absolute Gasteiger partial charge is 0.450 e. The van der Waals surface area contributed by atoms with Gasteiger partial charge >= 0.3 is 6.09 Å². The summed E-state index contributed by atoms with van der Waals surface area (Å²) in [6, 6.07) is 0. The second-order valence-electron chi connectivity index (χ2n) is 4.18. The summed E-state index contributed by atoms with van der Waals surface area (Å²) in [5.74, 6) is 0. The van der Waals surface area contributed by atoms with Crippen molar-refractivity contribution in [3.63, 3.8) is 0 Å². The van der Waals surface area contributed by atoms with Crippen LogP contribution in [0, 0.1) is 0 Å². The van der Waals surface area contributed by atoms with Crippen LogP contribution in [0.1, 0.15) is 52.4 Å². The summed E-state index contributed by atoms with van der Waals surface area (Å²) in [5, 5.41) is 6.02. The maximum atomic E-state index is 11.1. The Bertz CT molecular complexity index is 175. The van der Waals surface area contributed by atoms with Crippen LogP contribution in [-0.2, 0) is 4.74 Å². The van der Waals surface area contributed by atoms with E-state index in [1.165, 1.54) is 12.8 Å². The van der Waals surface area contributed by atoms with E-state index < -0.39 is 0 Å². The summed E-state index contributed by atoms with van der Waals surface area (Å²) in [6.07, 6.45) is 6.34. The highest BCUT2D eigenvalue weighted by Gasteiger charge is 1.99. The third kappa shape index (κ3) is 13.2. The molecule has 0 spiro atoms. The molecule has 0 aromatic carbocycles. The second kappa shape index (κ2) is 13.3. The van der Waals surface area contributed by atoms with Crippen LogP contribution in [0.15, 0.2) is 0 Å². The maximum Gasteiger partial charge on any atom is 0.407 e. The molecule has 0 atom stereocenters. The van der Waals surface area contributed by atoms with Crippen molar-refractivity contribution in [2.75, 3.05) is 26.2 Å². The van der Waals surface area contributed by atoms with Crippen molar-refractivity contribution >= 4 is 6.09 Å². The van der Waals surface area contributed by atoms with Gasteiger partial charge in [0.05, 0.1) is 6.61 Å². The van der Waals surface area contributed by atoms with Gasteiger partial charge in [0, 0.05) is 6.54 Å². The van der Waals surface area contributed by atoms with Crippen LogP contribution >= 0.6 is 0 Å². The van der Waals surface area contributed by atoms with Gasteiger partial charge in [-0.25, -0.2) is 4.79 Å². The van der Waals surface area contributed by atoms with Crippen LogP contribution in [0.5, 0.6) is 0 Å². The van der Waals surface area contributed by atoms with Gasteiger partial charge in [-0.05, 0) is 32.4 Å². The number of alkyl carbamates (subject to hydrolysis) is 1. The SMILES string of the molecule is CCCCNC(=O)OCCCCCCNCC. The summed E-state index contributed by atoms with van der Waals surface area (Å²) in [6.45, 7) is 7.61. The highest BCUT2D eigenvalue weighted by Crippen LogP contribution is 1.99. The van der Waals surface area contributed by atoms with Crippen molar-refractivity contribution in [2.24, 2.45) is 0 Å². The quantitative estimate of drug-likeness (QED) is 0.549. The molecule has 0 saturated heterocycles. The summed E-state index contributed by atoms with van der Waals surface area (Å²) >= 11 is 0. The zero-order valence-electron chi connectivity index (χ0n) is 11.4. The topological polar surface area (TPSA) is 50.4 Å². The molecule has 0 aliphatic heterocycles. The lowest BCUT2D eigenvalue weighted by molar-refractivity contribution is 0.143. The molecule has 0 aromatic rings. The van der Waals surface area contributed by atoms with E-state index in [0.29, 0.717) is 6.61 Å². The van der Waals surface area contributed by atoms with E-state index in [1.54, 1.807) is 0 Å². The van der Waals surface area contributed by atoms with Crippen LogP contribution in [0.3, 0.4) is 0 Å². The third-order valence-corrected chi connectivity index (χ3v) is 2.53. The molecule has 0 heterocycles. The molecular weight excluding hydrogens is 216 g/mol. The predicted octanol–water partition coefficient (Wildman–Crippen LogP) is 2.68. The first-order valence-corrected chi connectivity index (χ1v) is 6.92. The average molecular weight is 244 g/mol. The van der Waals surface area contributed by atoms with Crippen LogP contribution in [0.4, 0.5) is 4.79 Å². The van der Waals surface area contributed by atoms with Gasteiger partial charge in [-0.15, -0.1) is 0 Å². The van der Waals surface area contributed by atoms with Gasteiger partial charge in [0.1, 0.15) is 0 Å². The summed E-state index contributed by atoms with van der Waals surface area (Å²) in [5.41, 5.74) is 0. The number of carbonyl (C=O) groups excluding carboxylic acids is 1. The van der Waals surface area contributed by atoms with E-state index in [1.807, 2.05) is 0 Å². The van der Waals surface area contributed by atoms with Gasteiger partial charge in [-0.2, -0.15) is 0 Å². The minimum atomic E-state index is -0.272. The minimum absolute atomic E-state index is 0.272. The number of ether oxygens (including phenoxy) is 1. The van der Waals surface area contributed by atoms with E-state index in [-0.39, 0.29) is 6.09 Å². The molecule has 0 saturated carbocycles. The normalized spacial score (nSPS) is 10.2. The highest BCUT2D eigenvalue weighted by molar-refractivity contribution is 5.66. The molecule has 0 bridgehead atoms. The van der Waals surface area contributed by atoms with E-state index >= 15 is 0 Å². The summed E-state index contributed by atoms with van der Waals surface area (Å²) in [4.78, 5) is 11.1. The number of nitrogens with one attached hydrogen (secondary N) is 2. The Labute approximate surface area is 105 Å². The molecular formula is C13H28N2O2. The Morgan fingerprint density at radius 1 is 1.00 bits per heavy atom. The van der Waals surface area contributed by atoms with Gasteiger partial charge in [0.2, 0.25) is 0 Å². The Balaban J connectivity index is 3.08. The fourth-order valence-corrected chi connectivity index (χ4v) is 1.47. The van der Waals surface area contributed by atoms with Crippen molar-refractivity contribution in [3.8, 4) is 0 Å². The van der Waals surface area contributed by atoms with Crippen molar-refractivity contribution < 1.29 is 9.53 Å². The molecule has 1 amide bonds. The van der Waals surface area contributed by atoms with Crippen molar-refractivity contribution in [1.82, 2.24) is 10.6 Å². The van der Waals surface area contributed by atoms with Crippen LogP contribution in [0.25, 0.3) is 0 Å². The van der Waals surface area contributed by atoms with E-state index in [2.05, 4.69) is 24.5 Å². The standard InChI is InChI=1S/C13H28N2O2/c1-3-5-11-15-13(16)17-12-9-7-6-8-10-14-4-2/h14H,3-12H2,1-2H3,(H,15,16). The molecule has 0 aromatic heterocycles. The first-order valence-electron chi connectivity index (χ1n) is 6.92. The zero-order valence-corrected chi connectivity index (χ0v) is 11.4. The van der Waals surface area contributed by atoms with E-state index in [0.717, 1.165) is 45.3 Å². The van der Waals surface area contributed by atoms with E-state index in [9.17, 15) is 4.79 Å². The smallest absolute Gasteiger partial charge is 0.407 e. The van der Waals surface area contributed by atoms with Crippen molar-refractivity contribution in [2.45, 2.75) is 52.4 Å². The maximum absolute atomic E-state index is 11.1. The predicted molar refractivity (Wildman–Crippen MR) is 71.3 cm³/mol. The monoisotopic (exact) mass is 244 g/mol. The molecule has 0 rings (SSSR count). The molecule has 2 N–H and O–H groups in total. The van der Waals surface area contributed by atoms with Gasteiger partial charge in [0.25, 0.3) is 0 Å². The Kier molecular flexibility index (Phi) is 12.7. The van der Waals surface area contributed by atoms with Gasteiger partial charge < -0.3 is 15.4 Å². The number of hydrogen-bond acceptors (Lipinski definition) is 3. The number of amides is 1. The highest BCUT2D eigenvalue weighted by atomic mass is 16.5. The Morgan fingerprint density at radius 2 is 1.76 bits per heavy atom. The van der Waals surface area contributed by atoms with Crippen LogP contribution in [0.2, 0.25) is 0 Å². The third-order valence-electron chi connectivity index (χ3n) is 2.53. The van der Waals surface area contributed by atoms with Gasteiger partial charge in [0.15, 0.2) is 0 Å². The zero-order chi connectivity index (χ0) is 12.8. The molecule has 102 valence electrons. The second-order valence-corrected chi connectivity index (χ2v) is 4.18. The molecule has 0 aliphatic carbocycles. The molecule has 0 radical (unpaired) electrons. The van der Waals surface area contributed by atoms with Crippen LogP contribution in [-0.4, -0.2) is 32.3 Å². The van der Waals surface area contributed by atoms with Gasteiger partial charge in [-0.1, -0.05) is 33.1 Å². The van der Waals surface area contributed by atoms with Crippen molar-refractivity contribution in [1.29, 1.82) is 0 Å². The molecule has 0 unspecified atom stereocenters. The number of hydrogen-bond donors (Lipinski definition) is 2. The molecule has 4 nitrogen and oxygen atoms in total. The minimum Gasteiger partial charge on any atom is -0.450 e. The number of unbranched alkanes of at least 4 members (excludes halogenated alkanes) is 4. The fourth-order valence-electron chi connectivity index (χ4n) is 1.47. The molecule has 4 heteroatoms. The molecule has 0 fully saturated rings. The van der Waals surface area contributed by atoms with E-state index in [4.69, 9.17) is 4.74 Å². The van der Waals surface area contributed by atoms with Gasteiger partial charge in [-0.3, -0.25) is 0 Å².